The number of nitrogens with one attached hydrogen (secondary N) is 1. The van der Waals surface area contributed by atoms with Crippen molar-refractivity contribution < 1.29 is 9.90 Å². The second kappa shape index (κ2) is 4.67. The molecule has 0 aromatic heterocycles. The Hall–Kier alpha value is -0.280. The first-order chi connectivity index (χ1) is 5.40. The minimum Gasteiger partial charge on any atom is -0.392 e. The lowest BCUT2D eigenvalue weighted by Crippen LogP contribution is -2.41. The summed E-state index contributed by atoms with van der Waals surface area (Å²) in [5, 5.41) is 11.5. The SMILES string of the molecule is C[C@@H](O)CNC(=O)C(C)(C)CCl. The van der Waals surface area contributed by atoms with Crippen LogP contribution in [0.5, 0.6) is 0 Å². The van der Waals surface area contributed by atoms with Crippen LogP contribution in [-0.2, 0) is 4.79 Å². The van der Waals surface area contributed by atoms with E-state index in [0.717, 1.165) is 0 Å². The Balaban J connectivity index is 3.88. The molecule has 0 aliphatic rings. The predicted molar refractivity (Wildman–Crippen MR) is 49.2 cm³/mol. The van der Waals surface area contributed by atoms with Crippen molar-refractivity contribution in [3.05, 3.63) is 0 Å². The normalized spacial score (nSPS) is 14.1. The third-order valence-corrected chi connectivity index (χ3v) is 2.17. The minimum absolute atomic E-state index is 0.126. The number of aliphatic hydroxyl groups is 1. The summed E-state index contributed by atoms with van der Waals surface area (Å²) in [5.41, 5.74) is -0.559. The average molecular weight is 194 g/mol. The third kappa shape index (κ3) is 3.93. The zero-order chi connectivity index (χ0) is 9.78. The maximum absolute atomic E-state index is 11.3. The standard InChI is InChI=1S/C8H16ClNO2/c1-6(11)4-10-7(12)8(2,3)5-9/h6,11H,4-5H2,1-3H3,(H,10,12)/t6-/m1/s1. The van der Waals surface area contributed by atoms with Crippen molar-refractivity contribution in [1.29, 1.82) is 0 Å². The molecular weight excluding hydrogens is 178 g/mol. The first-order valence-corrected chi connectivity index (χ1v) is 4.46. The monoisotopic (exact) mass is 193 g/mol. The fourth-order valence-electron chi connectivity index (χ4n) is 0.540. The Morgan fingerprint density at radius 3 is 2.50 bits per heavy atom. The molecule has 0 aromatic rings. The zero-order valence-corrected chi connectivity index (χ0v) is 8.48. The number of halogens is 1. The summed E-state index contributed by atoms with van der Waals surface area (Å²) in [4.78, 5) is 11.3. The average Bonchev–Trinajstić information content (AvgIpc) is 2.00. The van der Waals surface area contributed by atoms with E-state index in [-0.39, 0.29) is 18.3 Å². The molecule has 0 aromatic carbocycles. The molecule has 72 valence electrons. The molecule has 0 bridgehead atoms. The van der Waals surface area contributed by atoms with Crippen molar-refractivity contribution in [2.24, 2.45) is 5.41 Å². The number of hydrogen-bond acceptors (Lipinski definition) is 2. The molecule has 0 heterocycles. The van der Waals surface area contributed by atoms with Gasteiger partial charge in [-0.05, 0) is 20.8 Å². The summed E-state index contributed by atoms with van der Waals surface area (Å²) in [5.74, 6) is 0.150. The van der Waals surface area contributed by atoms with E-state index in [9.17, 15) is 4.79 Å². The van der Waals surface area contributed by atoms with Crippen LogP contribution in [0.4, 0.5) is 0 Å². The van der Waals surface area contributed by atoms with Gasteiger partial charge in [-0.3, -0.25) is 4.79 Å². The topological polar surface area (TPSA) is 49.3 Å². The Morgan fingerprint density at radius 2 is 2.17 bits per heavy atom. The number of carbonyl (C=O) groups excluding carboxylic acids is 1. The number of aliphatic hydroxyl groups excluding tert-OH is 1. The van der Waals surface area contributed by atoms with Gasteiger partial charge < -0.3 is 10.4 Å². The minimum atomic E-state index is -0.559. The van der Waals surface area contributed by atoms with Gasteiger partial charge in [-0.2, -0.15) is 0 Å². The molecule has 2 N–H and O–H groups in total. The molecule has 1 amide bonds. The van der Waals surface area contributed by atoms with E-state index in [1.54, 1.807) is 20.8 Å². The van der Waals surface area contributed by atoms with Gasteiger partial charge in [0.1, 0.15) is 0 Å². The molecule has 4 heteroatoms. The van der Waals surface area contributed by atoms with E-state index in [1.807, 2.05) is 0 Å². The van der Waals surface area contributed by atoms with Crippen molar-refractivity contribution >= 4 is 17.5 Å². The maximum atomic E-state index is 11.3. The highest BCUT2D eigenvalue weighted by Gasteiger charge is 2.26. The van der Waals surface area contributed by atoms with Gasteiger partial charge in [-0.25, -0.2) is 0 Å². The van der Waals surface area contributed by atoms with E-state index in [0.29, 0.717) is 0 Å². The number of rotatable bonds is 4. The predicted octanol–water partition coefficient (Wildman–Crippen LogP) is 0.748. The lowest BCUT2D eigenvalue weighted by atomic mass is 9.95. The maximum Gasteiger partial charge on any atom is 0.226 e. The Bertz CT molecular complexity index is 157. The van der Waals surface area contributed by atoms with Crippen LogP contribution in [0, 0.1) is 5.41 Å². The molecule has 0 spiro atoms. The van der Waals surface area contributed by atoms with E-state index in [4.69, 9.17) is 16.7 Å². The summed E-state index contributed by atoms with van der Waals surface area (Å²) >= 11 is 5.58. The van der Waals surface area contributed by atoms with Crippen LogP contribution in [-0.4, -0.2) is 29.5 Å². The summed E-state index contributed by atoms with van der Waals surface area (Å²) in [7, 11) is 0. The van der Waals surface area contributed by atoms with Crippen LogP contribution in [0.15, 0.2) is 0 Å². The molecule has 0 aliphatic heterocycles. The largest absolute Gasteiger partial charge is 0.392 e. The first-order valence-electron chi connectivity index (χ1n) is 3.92. The van der Waals surface area contributed by atoms with Crippen molar-refractivity contribution in [2.45, 2.75) is 26.9 Å². The van der Waals surface area contributed by atoms with Crippen LogP contribution in [0.25, 0.3) is 0 Å². The molecule has 1 atom stereocenters. The van der Waals surface area contributed by atoms with Crippen LogP contribution in [0.1, 0.15) is 20.8 Å². The lowest BCUT2D eigenvalue weighted by Gasteiger charge is -2.20. The molecule has 0 unspecified atom stereocenters. The molecule has 0 aliphatic carbocycles. The lowest BCUT2D eigenvalue weighted by molar-refractivity contribution is -0.128. The fraction of sp³-hybridized carbons (Fsp3) is 0.875. The zero-order valence-electron chi connectivity index (χ0n) is 7.72. The smallest absolute Gasteiger partial charge is 0.226 e. The van der Waals surface area contributed by atoms with Crippen molar-refractivity contribution in [3.8, 4) is 0 Å². The number of hydrogen-bond donors (Lipinski definition) is 2. The highest BCUT2D eigenvalue weighted by Crippen LogP contribution is 2.16. The molecule has 12 heavy (non-hydrogen) atoms. The van der Waals surface area contributed by atoms with Crippen LogP contribution >= 0.6 is 11.6 Å². The molecule has 0 radical (unpaired) electrons. The van der Waals surface area contributed by atoms with Crippen LogP contribution in [0.3, 0.4) is 0 Å². The highest BCUT2D eigenvalue weighted by atomic mass is 35.5. The van der Waals surface area contributed by atoms with Crippen LogP contribution in [0.2, 0.25) is 0 Å². The molecule has 0 saturated heterocycles. The van der Waals surface area contributed by atoms with Crippen molar-refractivity contribution in [3.63, 3.8) is 0 Å². The Labute approximate surface area is 78.1 Å². The number of amides is 1. The van der Waals surface area contributed by atoms with Gasteiger partial charge in [0, 0.05) is 12.4 Å². The van der Waals surface area contributed by atoms with Gasteiger partial charge in [0.2, 0.25) is 5.91 Å². The summed E-state index contributed by atoms with van der Waals surface area (Å²) < 4.78 is 0. The second-order valence-corrected chi connectivity index (χ2v) is 3.84. The first kappa shape index (κ1) is 11.7. The second-order valence-electron chi connectivity index (χ2n) is 3.58. The molecule has 3 nitrogen and oxygen atoms in total. The number of carbonyl (C=O) groups is 1. The van der Waals surface area contributed by atoms with E-state index in [2.05, 4.69) is 5.32 Å². The molecular formula is C8H16ClNO2. The highest BCUT2D eigenvalue weighted by molar-refractivity contribution is 6.19. The van der Waals surface area contributed by atoms with E-state index < -0.39 is 11.5 Å². The van der Waals surface area contributed by atoms with E-state index in [1.165, 1.54) is 0 Å². The van der Waals surface area contributed by atoms with Gasteiger partial charge in [-0.1, -0.05) is 0 Å². The Morgan fingerprint density at radius 1 is 1.67 bits per heavy atom. The van der Waals surface area contributed by atoms with Gasteiger partial charge in [0.05, 0.1) is 11.5 Å². The summed E-state index contributed by atoms with van der Waals surface area (Å²) in [6.45, 7) is 5.42. The van der Waals surface area contributed by atoms with Crippen molar-refractivity contribution in [2.75, 3.05) is 12.4 Å². The van der Waals surface area contributed by atoms with E-state index >= 15 is 0 Å². The molecule has 0 fully saturated rings. The molecule has 0 saturated carbocycles. The Kier molecular flexibility index (Phi) is 4.57. The summed E-state index contributed by atoms with van der Waals surface area (Å²) in [6, 6.07) is 0. The van der Waals surface area contributed by atoms with Gasteiger partial charge in [0.15, 0.2) is 0 Å². The third-order valence-electron chi connectivity index (χ3n) is 1.51. The summed E-state index contributed by atoms with van der Waals surface area (Å²) in [6.07, 6.45) is -0.514. The van der Waals surface area contributed by atoms with Gasteiger partial charge >= 0.3 is 0 Å². The number of alkyl halides is 1. The molecule has 0 rings (SSSR count). The van der Waals surface area contributed by atoms with Crippen LogP contribution < -0.4 is 5.32 Å². The van der Waals surface area contributed by atoms with Gasteiger partial charge in [-0.15, -0.1) is 11.6 Å². The quantitative estimate of drug-likeness (QED) is 0.648. The van der Waals surface area contributed by atoms with Crippen molar-refractivity contribution in [1.82, 2.24) is 5.32 Å². The van der Waals surface area contributed by atoms with Gasteiger partial charge in [0.25, 0.3) is 0 Å². The fourth-order valence-corrected chi connectivity index (χ4v) is 0.662.